The van der Waals surface area contributed by atoms with Crippen LogP contribution in [0.4, 0.5) is 13.2 Å². The molecule has 0 atom stereocenters. The summed E-state index contributed by atoms with van der Waals surface area (Å²) in [6, 6.07) is 3.17. The summed E-state index contributed by atoms with van der Waals surface area (Å²) in [7, 11) is 2.06. The molecular weight excluding hydrogens is 526 g/mol. The summed E-state index contributed by atoms with van der Waals surface area (Å²) in [6.07, 6.45) is -1.97. The molecule has 4 heterocycles. The summed E-state index contributed by atoms with van der Waals surface area (Å²) in [5.74, 6) is 0.252. The van der Waals surface area contributed by atoms with Crippen molar-refractivity contribution in [3.63, 3.8) is 0 Å². The molecule has 0 amide bonds. The third kappa shape index (κ3) is 4.82. The highest BCUT2D eigenvalue weighted by Crippen LogP contribution is 2.36. The zero-order valence-corrected chi connectivity index (χ0v) is 20.8. The van der Waals surface area contributed by atoms with Gasteiger partial charge < -0.3 is 4.90 Å². The number of halogens is 5. The Balaban J connectivity index is 1.62. The molecule has 0 saturated carbocycles. The maximum Gasteiger partial charge on any atom is 0.434 e. The predicted molar refractivity (Wildman–Crippen MR) is 124 cm³/mol. The SMILES string of the molecule is Cc1nc(C(F)(F)F)cn1-c1nc2cc(Cl)c(Cl)cc2nc1Sc1nnnn1C1CCN(C)CC1. The van der Waals surface area contributed by atoms with E-state index in [1.54, 1.807) is 10.7 Å². The lowest BCUT2D eigenvalue weighted by molar-refractivity contribution is -0.141. The van der Waals surface area contributed by atoms with E-state index in [4.69, 9.17) is 23.2 Å². The van der Waals surface area contributed by atoms with Crippen LogP contribution in [0.25, 0.3) is 16.9 Å². The van der Waals surface area contributed by atoms with Crippen LogP contribution in [0.1, 0.15) is 30.4 Å². The Morgan fingerprint density at radius 3 is 2.31 bits per heavy atom. The second kappa shape index (κ2) is 9.19. The highest BCUT2D eigenvalue weighted by Gasteiger charge is 2.35. The quantitative estimate of drug-likeness (QED) is 0.360. The Labute approximate surface area is 211 Å². The van der Waals surface area contributed by atoms with Crippen molar-refractivity contribution in [1.29, 1.82) is 0 Å². The number of tetrazole rings is 1. The van der Waals surface area contributed by atoms with Crippen molar-refractivity contribution < 1.29 is 13.2 Å². The molecule has 0 aliphatic carbocycles. The molecule has 1 saturated heterocycles. The average molecular weight is 544 g/mol. The first-order valence-electron chi connectivity index (χ1n) is 10.5. The Bertz CT molecular complexity index is 1400. The molecule has 1 aromatic carbocycles. The minimum atomic E-state index is -4.61. The minimum absolute atomic E-state index is 0.0978. The molecule has 15 heteroatoms. The van der Waals surface area contributed by atoms with Crippen LogP contribution in [-0.2, 0) is 6.18 Å². The number of likely N-dealkylation sites (tertiary alicyclic amines) is 1. The second-order valence-corrected chi connectivity index (χ2v) is 9.96. The van der Waals surface area contributed by atoms with Crippen LogP contribution in [0.3, 0.4) is 0 Å². The van der Waals surface area contributed by atoms with Crippen LogP contribution < -0.4 is 0 Å². The lowest BCUT2D eigenvalue weighted by Crippen LogP contribution is -2.32. The number of hydrogen-bond donors (Lipinski definition) is 0. The summed E-state index contributed by atoms with van der Waals surface area (Å²) < 4.78 is 43.1. The summed E-state index contributed by atoms with van der Waals surface area (Å²) in [6.45, 7) is 3.28. The third-order valence-corrected chi connectivity index (χ3v) is 7.38. The highest BCUT2D eigenvalue weighted by molar-refractivity contribution is 7.99. The number of nitrogens with zero attached hydrogens (tertiary/aromatic N) is 9. The number of benzene rings is 1. The Morgan fingerprint density at radius 2 is 1.69 bits per heavy atom. The number of rotatable bonds is 4. The summed E-state index contributed by atoms with van der Waals surface area (Å²) in [5, 5.41) is 13.4. The Hall–Kier alpha value is -2.48. The fourth-order valence-electron chi connectivity index (χ4n) is 3.88. The van der Waals surface area contributed by atoms with Crippen molar-refractivity contribution in [1.82, 2.24) is 44.6 Å². The fourth-order valence-corrected chi connectivity index (χ4v) is 5.11. The smallest absolute Gasteiger partial charge is 0.306 e. The lowest BCUT2D eigenvalue weighted by atomic mass is 10.1. The van der Waals surface area contributed by atoms with Gasteiger partial charge in [-0.05, 0) is 74.2 Å². The number of piperidine rings is 1. The van der Waals surface area contributed by atoms with Gasteiger partial charge in [-0.1, -0.05) is 23.2 Å². The Kier molecular flexibility index (Phi) is 6.36. The standard InChI is InChI=1S/C20H18Cl2F3N9S/c1-10-26-16(20(23,24)25)9-33(10)17-18(28-15-8-13(22)12(21)7-14(15)27-17)35-19-29-30-31-34(19)11-3-5-32(2)6-4-11/h7-9,11H,3-6H2,1-2H3. The molecular formula is C20H18Cl2F3N9S. The number of aryl methyl sites for hydroxylation is 1. The van der Waals surface area contributed by atoms with Gasteiger partial charge in [-0.15, -0.1) is 5.10 Å². The summed E-state index contributed by atoms with van der Waals surface area (Å²) in [4.78, 5) is 15.1. The van der Waals surface area contributed by atoms with Gasteiger partial charge in [0.1, 0.15) is 10.9 Å². The topological polar surface area (TPSA) is 90.4 Å². The maximum absolute atomic E-state index is 13.4. The molecule has 5 rings (SSSR count). The number of hydrogen-bond acceptors (Lipinski definition) is 8. The number of aromatic nitrogens is 8. The predicted octanol–water partition coefficient (Wildman–Crippen LogP) is 4.85. The largest absolute Gasteiger partial charge is 0.434 e. The van der Waals surface area contributed by atoms with Crippen molar-refractivity contribution >= 4 is 46.0 Å². The molecule has 9 nitrogen and oxygen atoms in total. The maximum atomic E-state index is 13.4. The summed E-state index contributed by atoms with van der Waals surface area (Å²) in [5.41, 5.74) is -0.230. The van der Waals surface area contributed by atoms with Crippen LogP contribution in [-0.4, -0.2) is 64.8 Å². The van der Waals surface area contributed by atoms with E-state index in [9.17, 15) is 13.2 Å². The van der Waals surface area contributed by atoms with Gasteiger partial charge in [-0.3, -0.25) is 4.57 Å². The van der Waals surface area contributed by atoms with Gasteiger partial charge in [0, 0.05) is 6.20 Å². The molecule has 0 bridgehead atoms. The van der Waals surface area contributed by atoms with Crippen LogP contribution in [0.5, 0.6) is 0 Å². The molecule has 35 heavy (non-hydrogen) atoms. The second-order valence-electron chi connectivity index (χ2n) is 8.19. The van der Waals surface area contributed by atoms with Crippen molar-refractivity contribution in [2.24, 2.45) is 0 Å². The lowest BCUT2D eigenvalue weighted by Gasteiger charge is -2.28. The minimum Gasteiger partial charge on any atom is -0.306 e. The average Bonchev–Trinajstić information content (AvgIpc) is 3.41. The van der Waals surface area contributed by atoms with Crippen LogP contribution in [0, 0.1) is 6.92 Å². The fraction of sp³-hybridized carbons (Fsp3) is 0.400. The molecule has 3 aromatic heterocycles. The highest BCUT2D eigenvalue weighted by atomic mass is 35.5. The van der Waals surface area contributed by atoms with Gasteiger partial charge in [0.05, 0.1) is 27.1 Å². The van der Waals surface area contributed by atoms with Crippen molar-refractivity contribution in [2.45, 2.75) is 42.2 Å². The normalized spacial score (nSPS) is 15.9. The Morgan fingerprint density at radius 1 is 1.03 bits per heavy atom. The van der Waals surface area contributed by atoms with E-state index in [0.717, 1.165) is 43.9 Å². The number of imidazole rings is 1. The van der Waals surface area contributed by atoms with Gasteiger partial charge in [-0.25, -0.2) is 19.6 Å². The van der Waals surface area contributed by atoms with E-state index in [1.165, 1.54) is 17.6 Å². The monoisotopic (exact) mass is 543 g/mol. The molecule has 4 aromatic rings. The van der Waals surface area contributed by atoms with E-state index in [2.05, 4.69) is 42.4 Å². The van der Waals surface area contributed by atoms with Crippen LogP contribution in [0.15, 0.2) is 28.5 Å². The molecule has 0 spiro atoms. The van der Waals surface area contributed by atoms with Crippen LogP contribution in [0.2, 0.25) is 10.0 Å². The van der Waals surface area contributed by atoms with Crippen molar-refractivity contribution in [3.05, 3.63) is 39.9 Å². The van der Waals surface area contributed by atoms with Crippen molar-refractivity contribution in [2.75, 3.05) is 20.1 Å². The van der Waals surface area contributed by atoms with E-state index in [-0.39, 0.29) is 27.7 Å². The zero-order chi connectivity index (χ0) is 24.9. The molecule has 1 fully saturated rings. The summed E-state index contributed by atoms with van der Waals surface area (Å²) >= 11 is 13.4. The van der Waals surface area contributed by atoms with E-state index >= 15 is 0 Å². The van der Waals surface area contributed by atoms with E-state index < -0.39 is 11.9 Å². The van der Waals surface area contributed by atoms with Crippen LogP contribution >= 0.6 is 35.0 Å². The van der Waals surface area contributed by atoms with E-state index in [0.29, 0.717) is 21.2 Å². The van der Waals surface area contributed by atoms with Gasteiger partial charge in [-0.2, -0.15) is 13.2 Å². The van der Waals surface area contributed by atoms with E-state index in [1.807, 2.05) is 0 Å². The molecule has 0 N–H and O–H groups in total. The van der Waals surface area contributed by atoms with Gasteiger partial charge in [0.2, 0.25) is 5.16 Å². The number of fused-ring (bicyclic) bond motifs is 1. The molecule has 0 radical (unpaired) electrons. The first-order valence-corrected chi connectivity index (χ1v) is 12.1. The van der Waals surface area contributed by atoms with Gasteiger partial charge >= 0.3 is 6.18 Å². The molecule has 184 valence electrons. The van der Waals surface area contributed by atoms with Gasteiger partial charge in [0.25, 0.3) is 0 Å². The molecule has 0 unspecified atom stereocenters. The third-order valence-electron chi connectivity index (χ3n) is 5.74. The van der Waals surface area contributed by atoms with Gasteiger partial charge in [0.15, 0.2) is 11.5 Å². The molecule has 1 aliphatic heterocycles. The first kappa shape index (κ1) is 24.2. The number of alkyl halides is 3. The first-order chi connectivity index (χ1) is 16.6. The van der Waals surface area contributed by atoms with Crippen molar-refractivity contribution in [3.8, 4) is 5.82 Å². The molecule has 1 aliphatic rings. The zero-order valence-electron chi connectivity index (χ0n) is 18.5.